The van der Waals surface area contributed by atoms with E-state index in [-0.39, 0.29) is 6.61 Å². The van der Waals surface area contributed by atoms with Crippen molar-refractivity contribution in [2.24, 2.45) is 11.3 Å². The van der Waals surface area contributed by atoms with Crippen molar-refractivity contribution in [2.75, 3.05) is 46.5 Å². The van der Waals surface area contributed by atoms with Gasteiger partial charge in [-0.15, -0.1) is 0 Å². The molecule has 4 heteroatoms. The molecule has 0 radical (unpaired) electrons. The Morgan fingerprint density at radius 1 is 1.33 bits per heavy atom. The second kappa shape index (κ2) is 9.78. The van der Waals surface area contributed by atoms with Crippen LogP contribution in [0.4, 0.5) is 0 Å². The third-order valence-corrected chi connectivity index (χ3v) is 4.97. The number of nitrogens with zero attached hydrogens (tertiary/aromatic N) is 1. The molecule has 126 valence electrons. The van der Waals surface area contributed by atoms with Crippen molar-refractivity contribution in [2.45, 2.75) is 52.5 Å². The second-order valence-corrected chi connectivity index (χ2v) is 7.14. The van der Waals surface area contributed by atoms with E-state index in [1.165, 1.54) is 25.7 Å². The van der Waals surface area contributed by atoms with Crippen LogP contribution in [0.25, 0.3) is 0 Å². The van der Waals surface area contributed by atoms with Gasteiger partial charge in [0.1, 0.15) is 0 Å². The van der Waals surface area contributed by atoms with Crippen LogP contribution in [0.15, 0.2) is 0 Å². The van der Waals surface area contributed by atoms with Crippen LogP contribution in [0, 0.1) is 11.3 Å². The minimum absolute atomic E-state index is 0.252. The molecule has 0 amide bonds. The number of methoxy groups -OCH3 is 1. The van der Waals surface area contributed by atoms with E-state index in [1.54, 1.807) is 7.11 Å². The van der Waals surface area contributed by atoms with Gasteiger partial charge in [0, 0.05) is 39.3 Å². The first-order valence-electron chi connectivity index (χ1n) is 8.57. The van der Waals surface area contributed by atoms with Gasteiger partial charge >= 0.3 is 0 Å². The van der Waals surface area contributed by atoms with Gasteiger partial charge in [0.05, 0.1) is 13.2 Å². The zero-order valence-corrected chi connectivity index (χ0v) is 14.5. The van der Waals surface area contributed by atoms with Gasteiger partial charge in [-0.1, -0.05) is 19.8 Å². The number of hydrogen-bond acceptors (Lipinski definition) is 4. The smallest absolute Gasteiger partial charge is 0.0587 e. The second-order valence-electron chi connectivity index (χ2n) is 7.14. The van der Waals surface area contributed by atoms with Crippen LogP contribution in [0.1, 0.15) is 46.5 Å². The van der Waals surface area contributed by atoms with Crippen LogP contribution >= 0.6 is 0 Å². The molecule has 1 saturated carbocycles. The summed E-state index contributed by atoms with van der Waals surface area (Å²) >= 11 is 0. The molecule has 0 spiro atoms. The van der Waals surface area contributed by atoms with Crippen LogP contribution in [-0.2, 0) is 4.74 Å². The summed E-state index contributed by atoms with van der Waals surface area (Å²) in [6, 6.07) is 0.493. The predicted octanol–water partition coefficient (Wildman–Crippen LogP) is 2.12. The van der Waals surface area contributed by atoms with Crippen molar-refractivity contribution in [3.8, 4) is 0 Å². The molecular weight excluding hydrogens is 264 g/mol. The number of rotatable bonds is 10. The maximum Gasteiger partial charge on any atom is 0.0587 e. The van der Waals surface area contributed by atoms with Crippen LogP contribution in [0.3, 0.4) is 0 Å². The third-order valence-electron chi connectivity index (χ3n) is 4.97. The Kier molecular flexibility index (Phi) is 8.79. The van der Waals surface area contributed by atoms with Crippen molar-refractivity contribution < 1.29 is 9.84 Å². The maximum atomic E-state index is 9.31. The zero-order chi connectivity index (χ0) is 15.7. The summed E-state index contributed by atoms with van der Waals surface area (Å²) in [6.45, 7) is 11.7. The molecule has 0 atom stereocenters. The quantitative estimate of drug-likeness (QED) is 0.607. The first-order valence-corrected chi connectivity index (χ1v) is 8.57. The molecule has 0 heterocycles. The lowest BCUT2D eigenvalue weighted by Gasteiger charge is -2.44. The Morgan fingerprint density at radius 3 is 2.52 bits per heavy atom. The van der Waals surface area contributed by atoms with Gasteiger partial charge in [0.15, 0.2) is 0 Å². The number of ether oxygens (including phenoxy) is 1. The Labute approximate surface area is 131 Å². The molecular formula is C17H36N2O2. The summed E-state index contributed by atoms with van der Waals surface area (Å²) in [6.07, 6.45) is 5.25. The Balaban J connectivity index is 2.62. The molecule has 0 aromatic heterocycles. The molecule has 1 rings (SSSR count). The Morgan fingerprint density at radius 2 is 2.00 bits per heavy atom. The van der Waals surface area contributed by atoms with E-state index in [9.17, 15) is 5.11 Å². The molecule has 4 nitrogen and oxygen atoms in total. The van der Waals surface area contributed by atoms with E-state index in [4.69, 9.17) is 4.74 Å². The highest BCUT2D eigenvalue weighted by atomic mass is 16.5. The highest BCUT2D eigenvalue weighted by Crippen LogP contribution is 2.39. The van der Waals surface area contributed by atoms with E-state index in [1.807, 2.05) is 0 Å². The molecule has 0 aliphatic heterocycles. The van der Waals surface area contributed by atoms with Crippen molar-refractivity contribution in [3.63, 3.8) is 0 Å². The third kappa shape index (κ3) is 6.64. The molecule has 21 heavy (non-hydrogen) atoms. The molecule has 0 unspecified atom stereocenters. The zero-order valence-electron chi connectivity index (χ0n) is 14.5. The monoisotopic (exact) mass is 300 g/mol. The number of aliphatic hydroxyl groups excluding tert-OH is 1. The molecule has 0 aromatic rings. The lowest BCUT2D eigenvalue weighted by molar-refractivity contribution is 0.0582. The van der Waals surface area contributed by atoms with Crippen molar-refractivity contribution >= 4 is 0 Å². The average Bonchev–Trinajstić information content (AvgIpc) is 2.46. The van der Waals surface area contributed by atoms with Gasteiger partial charge in [-0.3, -0.25) is 4.90 Å². The summed E-state index contributed by atoms with van der Waals surface area (Å²) in [5.41, 5.74) is 0.361. The van der Waals surface area contributed by atoms with Gasteiger partial charge in [-0.25, -0.2) is 0 Å². The summed E-state index contributed by atoms with van der Waals surface area (Å²) in [5, 5.41) is 12.9. The topological polar surface area (TPSA) is 44.7 Å². The van der Waals surface area contributed by atoms with E-state index in [0.717, 1.165) is 38.7 Å². The molecule has 0 bridgehead atoms. The lowest BCUT2D eigenvalue weighted by Crippen LogP contribution is -2.49. The normalized spacial score (nSPS) is 26.7. The van der Waals surface area contributed by atoms with Crippen molar-refractivity contribution in [3.05, 3.63) is 0 Å². The fourth-order valence-electron chi connectivity index (χ4n) is 3.37. The van der Waals surface area contributed by atoms with Crippen LogP contribution in [0.2, 0.25) is 0 Å². The number of aliphatic hydroxyl groups is 1. The molecule has 2 N–H and O–H groups in total. The molecule has 1 fully saturated rings. The lowest BCUT2D eigenvalue weighted by atomic mass is 9.70. The SMILES string of the molecule is COCCNCC1(CN(CCO)C(C)C)CCC(C)CC1. The summed E-state index contributed by atoms with van der Waals surface area (Å²) < 4.78 is 5.13. The minimum atomic E-state index is 0.252. The van der Waals surface area contributed by atoms with Gasteiger partial charge in [-0.2, -0.15) is 0 Å². The fraction of sp³-hybridized carbons (Fsp3) is 1.00. The van der Waals surface area contributed by atoms with E-state index in [0.29, 0.717) is 11.5 Å². The fourth-order valence-corrected chi connectivity index (χ4v) is 3.37. The van der Waals surface area contributed by atoms with Crippen LogP contribution in [0.5, 0.6) is 0 Å². The predicted molar refractivity (Wildman–Crippen MR) is 88.6 cm³/mol. The molecule has 1 aliphatic carbocycles. The highest BCUT2D eigenvalue weighted by Gasteiger charge is 2.35. The first-order chi connectivity index (χ1) is 10.0. The minimum Gasteiger partial charge on any atom is -0.395 e. The van der Waals surface area contributed by atoms with E-state index in [2.05, 4.69) is 31.0 Å². The van der Waals surface area contributed by atoms with Crippen LogP contribution < -0.4 is 5.32 Å². The summed E-state index contributed by atoms with van der Waals surface area (Å²) in [4.78, 5) is 2.44. The Bertz CT molecular complexity index is 264. The van der Waals surface area contributed by atoms with E-state index >= 15 is 0 Å². The molecule has 0 aromatic carbocycles. The van der Waals surface area contributed by atoms with Gasteiger partial charge in [0.25, 0.3) is 0 Å². The van der Waals surface area contributed by atoms with Crippen molar-refractivity contribution in [1.29, 1.82) is 0 Å². The average molecular weight is 300 g/mol. The van der Waals surface area contributed by atoms with Gasteiger partial charge in [-0.05, 0) is 38.0 Å². The van der Waals surface area contributed by atoms with Crippen LogP contribution in [-0.4, -0.2) is 62.6 Å². The summed E-state index contributed by atoms with van der Waals surface area (Å²) in [7, 11) is 1.75. The first kappa shape index (κ1) is 18.9. The number of hydrogen-bond donors (Lipinski definition) is 2. The maximum absolute atomic E-state index is 9.31. The van der Waals surface area contributed by atoms with Gasteiger partial charge < -0.3 is 15.2 Å². The molecule has 1 aliphatic rings. The van der Waals surface area contributed by atoms with E-state index < -0.39 is 0 Å². The number of nitrogens with one attached hydrogen (secondary N) is 1. The molecule has 0 saturated heterocycles. The standard InChI is InChI=1S/C17H36N2O2/c1-15(2)19(10-11-20)14-17(13-18-9-12-21-4)7-5-16(3)6-8-17/h15-16,18,20H,5-14H2,1-4H3. The largest absolute Gasteiger partial charge is 0.395 e. The Hall–Kier alpha value is -0.160. The van der Waals surface area contributed by atoms with Gasteiger partial charge in [0.2, 0.25) is 0 Å². The van der Waals surface area contributed by atoms with Crippen molar-refractivity contribution in [1.82, 2.24) is 10.2 Å². The summed E-state index contributed by atoms with van der Waals surface area (Å²) in [5.74, 6) is 0.863. The highest BCUT2D eigenvalue weighted by molar-refractivity contribution is 4.90.